The van der Waals surface area contributed by atoms with Gasteiger partial charge in [0.05, 0.1) is 24.4 Å². The number of rotatable bonds is 3. The summed E-state index contributed by atoms with van der Waals surface area (Å²) in [6.45, 7) is 0. The lowest BCUT2D eigenvalue weighted by Gasteiger charge is -2.04. The number of nitrogens with two attached hydrogens (primary N) is 1. The van der Waals surface area contributed by atoms with Crippen molar-refractivity contribution in [1.82, 2.24) is 24.4 Å². The first-order chi connectivity index (χ1) is 11.2. The van der Waals surface area contributed by atoms with E-state index in [0.717, 1.165) is 11.0 Å². The number of methoxy groups -OCH3 is 1. The van der Waals surface area contributed by atoms with Crippen LogP contribution in [0.25, 0.3) is 22.4 Å². The molecule has 3 heterocycles. The number of ether oxygens (including phenoxy) is 1. The number of benzene rings is 1. The van der Waals surface area contributed by atoms with E-state index in [-0.39, 0.29) is 0 Å². The zero-order valence-corrected chi connectivity index (χ0v) is 12.2. The Labute approximate surface area is 130 Å². The summed E-state index contributed by atoms with van der Waals surface area (Å²) in [5.74, 6) is 0.538. The van der Waals surface area contributed by atoms with Gasteiger partial charge in [-0.1, -0.05) is 0 Å². The van der Waals surface area contributed by atoms with Crippen LogP contribution in [0.5, 0.6) is 5.75 Å². The van der Waals surface area contributed by atoms with Crippen LogP contribution in [0.3, 0.4) is 0 Å². The Morgan fingerprint density at radius 3 is 3.00 bits per heavy atom. The van der Waals surface area contributed by atoms with Crippen LogP contribution in [0, 0.1) is 0 Å². The maximum absolute atomic E-state index is 11.5. The normalized spacial score (nSPS) is 11.2. The number of hydrogen-bond donors (Lipinski definition) is 1. The minimum atomic E-state index is -0.548. The second-order valence-corrected chi connectivity index (χ2v) is 4.96. The number of imidazole rings is 1. The molecule has 0 spiro atoms. The Morgan fingerprint density at radius 1 is 1.35 bits per heavy atom. The highest BCUT2D eigenvalue weighted by Crippen LogP contribution is 2.25. The summed E-state index contributed by atoms with van der Waals surface area (Å²) < 4.78 is 8.54. The van der Waals surface area contributed by atoms with Crippen molar-refractivity contribution in [2.24, 2.45) is 5.73 Å². The molecule has 4 rings (SSSR count). The lowest BCUT2D eigenvalue weighted by molar-refractivity contribution is 0.0997. The molecule has 1 aromatic carbocycles. The van der Waals surface area contributed by atoms with Crippen LogP contribution in [-0.2, 0) is 0 Å². The molecular formula is C15H12N6O2. The van der Waals surface area contributed by atoms with Crippen LogP contribution in [0.4, 0.5) is 0 Å². The third kappa shape index (κ3) is 2.00. The second-order valence-electron chi connectivity index (χ2n) is 4.96. The van der Waals surface area contributed by atoms with Crippen LogP contribution in [0.15, 0.2) is 42.9 Å². The van der Waals surface area contributed by atoms with E-state index in [9.17, 15) is 4.79 Å². The average Bonchev–Trinajstić information content (AvgIpc) is 3.16. The summed E-state index contributed by atoms with van der Waals surface area (Å²) >= 11 is 0. The van der Waals surface area contributed by atoms with Crippen LogP contribution in [-0.4, -0.2) is 37.4 Å². The maximum atomic E-state index is 11.5. The highest BCUT2D eigenvalue weighted by molar-refractivity contribution is 6.00. The first kappa shape index (κ1) is 13.3. The molecule has 0 radical (unpaired) electrons. The smallest absolute Gasteiger partial charge is 0.252 e. The van der Waals surface area contributed by atoms with Crippen molar-refractivity contribution in [2.75, 3.05) is 7.11 Å². The number of nitrogens with zero attached hydrogens (tertiary/aromatic N) is 5. The van der Waals surface area contributed by atoms with Gasteiger partial charge in [0.2, 0.25) is 0 Å². The minimum absolute atomic E-state index is 0.316. The van der Waals surface area contributed by atoms with Gasteiger partial charge in [-0.3, -0.25) is 4.79 Å². The third-order valence-corrected chi connectivity index (χ3v) is 3.59. The molecule has 0 saturated carbocycles. The van der Waals surface area contributed by atoms with Crippen molar-refractivity contribution < 1.29 is 9.53 Å². The SMILES string of the molecule is COc1cc2nn(-c3cnc4cccnn34)cc2cc1C(N)=O. The molecule has 0 unspecified atom stereocenters. The standard InChI is InChI=1S/C15H12N6O2/c1-23-12-6-11-9(5-10(12)15(16)22)8-20(19-11)14-7-17-13-3-2-4-18-21(13)14/h2-8H,1H3,(H2,16,22). The summed E-state index contributed by atoms with van der Waals surface area (Å²) in [4.78, 5) is 15.8. The quantitative estimate of drug-likeness (QED) is 0.612. The number of amides is 1. The maximum Gasteiger partial charge on any atom is 0.252 e. The number of aromatic nitrogens is 5. The molecule has 4 aromatic rings. The molecule has 0 aliphatic carbocycles. The fourth-order valence-electron chi connectivity index (χ4n) is 2.50. The molecule has 0 aliphatic rings. The highest BCUT2D eigenvalue weighted by atomic mass is 16.5. The van der Waals surface area contributed by atoms with Crippen molar-refractivity contribution in [1.29, 1.82) is 0 Å². The van der Waals surface area contributed by atoms with E-state index in [1.54, 1.807) is 39.9 Å². The first-order valence-electron chi connectivity index (χ1n) is 6.84. The molecule has 1 amide bonds. The van der Waals surface area contributed by atoms with E-state index in [4.69, 9.17) is 10.5 Å². The Morgan fingerprint density at radius 2 is 2.22 bits per heavy atom. The molecule has 0 saturated heterocycles. The zero-order chi connectivity index (χ0) is 16.0. The van der Waals surface area contributed by atoms with E-state index in [1.807, 2.05) is 12.1 Å². The molecule has 23 heavy (non-hydrogen) atoms. The molecule has 8 heteroatoms. The van der Waals surface area contributed by atoms with Crippen LogP contribution >= 0.6 is 0 Å². The molecule has 114 valence electrons. The predicted molar refractivity (Wildman–Crippen MR) is 82.7 cm³/mol. The summed E-state index contributed by atoms with van der Waals surface area (Å²) in [7, 11) is 1.49. The first-order valence-corrected chi connectivity index (χ1v) is 6.84. The molecule has 0 aliphatic heterocycles. The van der Waals surface area contributed by atoms with E-state index >= 15 is 0 Å². The Hall–Kier alpha value is -3.42. The molecule has 2 N–H and O–H groups in total. The van der Waals surface area contributed by atoms with Gasteiger partial charge in [-0.15, -0.1) is 0 Å². The lowest BCUT2D eigenvalue weighted by Crippen LogP contribution is -2.12. The van der Waals surface area contributed by atoms with Crippen molar-refractivity contribution >= 4 is 22.5 Å². The molecule has 8 nitrogen and oxygen atoms in total. The van der Waals surface area contributed by atoms with Gasteiger partial charge in [-0.05, 0) is 18.2 Å². The number of fused-ring (bicyclic) bond motifs is 2. The minimum Gasteiger partial charge on any atom is -0.496 e. The van der Waals surface area contributed by atoms with Crippen molar-refractivity contribution in [3.8, 4) is 11.6 Å². The van der Waals surface area contributed by atoms with Gasteiger partial charge < -0.3 is 10.5 Å². The molecule has 0 fully saturated rings. The number of primary amides is 1. The summed E-state index contributed by atoms with van der Waals surface area (Å²) in [5, 5.41) is 9.53. The van der Waals surface area contributed by atoms with Crippen molar-refractivity contribution in [2.45, 2.75) is 0 Å². The fraction of sp³-hybridized carbons (Fsp3) is 0.0667. The predicted octanol–water partition coefficient (Wildman–Crippen LogP) is 1.18. The van der Waals surface area contributed by atoms with Gasteiger partial charge in [-0.2, -0.15) is 14.7 Å². The Bertz CT molecular complexity index is 1050. The summed E-state index contributed by atoms with van der Waals surface area (Å²) in [5.41, 5.74) is 7.10. The molecule has 3 aromatic heterocycles. The van der Waals surface area contributed by atoms with Crippen LogP contribution in [0.1, 0.15) is 10.4 Å². The molecule has 0 bridgehead atoms. The number of carbonyl (C=O) groups excluding carboxylic acids is 1. The summed E-state index contributed by atoms with van der Waals surface area (Å²) in [6, 6.07) is 7.02. The average molecular weight is 308 g/mol. The van der Waals surface area contributed by atoms with Crippen LogP contribution in [0.2, 0.25) is 0 Å². The second kappa shape index (κ2) is 4.80. The van der Waals surface area contributed by atoms with E-state index in [0.29, 0.717) is 22.6 Å². The lowest BCUT2D eigenvalue weighted by atomic mass is 10.1. The monoisotopic (exact) mass is 308 g/mol. The van der Waals surface area contributed by atoms with Gasteiger partial charge in [0.25, 0.3) is 5.91 Å². The molecular weight excluding hydrogens is 296 g/mol. The van der Waals surface area contributed by atoms with Gasteiger partial charge in [0, 0.05) is 23.8 Å². The summed E-state index contributed by atoms with van der Waals surface area (Å²) in [6.07, 6.45) is 5.15. The van der Waals surface area contributed by atoms with Crippen molar-refractivity contribution in [3.63, 3.8) is 0 Å². The van der Waals surface area contributed by atoms with E-state index < -0.39 is 5.91 Å². The Balaban J connectivity index is 1.94. The fourth-order valence-corrected chi connectivity index (χ4v) is 2.50. The number of carbonyl (C=O) groups is 1. The Kier molecular flexibility index (Phi) is 2.77. The van der Waals surface area contributed by atoms with Gasteiger partial charge in [0.1, 0.15) is 5.75 Å². The van der Waals surface area contributed by atoms with E-state index in [2.05, 4.69) is 15.2 Å². The van der Waals surface area contributed by atoms with Gasteiger partial charge >= 0.3 is 0 Å². The van der Waals surface area contributed by atoms with Gasteiger partial charge in [-0.25, -0.2) is 9.67 Å². The largest absolute Gasteiger partial charge is 0.496 e. The van der Waals surface area contributed by atoms with E-state index in [1.165, 1.54) is 7.11 Å². The van der Waals surface area contributed by atoms with Crippen LogP contribution < -0.4 is 10.5 Å². The highest BCUT2D eigenvalue weighted by Gasteiger charge is 2.14. The topological polar surface area (TPSA) is 100 Å². The number of hydrogen-bond acceptors (Lipinski definition) is 5. The zero-order valence-electron chi connectivity index (χ0n) is 12.2. The molecule has 0 atom stereocenters. The van der Waals surface area contributed by atoms with Gasteiger partial charge in [0.15, 0.2) is 11.5 Å². The van der Waals surface area contributed by atoms with Crippen molar-refractivity contribution in [3.05, 3.63) is 48.4 Å². The third-order valence-electron chi connectivity index (χ3n) is 3.59.